The molecule has 0 fully saturated rings. The van der Waals surface area contributed by atoms with E-state index in [1.165, 1.54) is 89.9 Å². The maximum Gasteiger partial charge on any atom is 0.0897 e. The molecule has 0 radical (unpaired) electrons. The van der Waals surface area contributed by atoms with E-state index in [2.05, 4.69) is 19.2 Å². The number of hydrogen-bond acceptors (Lipinski definition) is 3. The summed E-state index contributed by atoms with van der Waals surface area (Å²) in [5.74, 6) is 0.680. The monoisotopic (exact) mass is 357 g/mol. The van der Waals surface area contributed by atoms with Gasteiger partial charge < -0.3 is 15.2 Å². The quantitative estimate of drug-likeness (QED) is 0.275. The van der Waals surface area contributed by atoms with E-state index in [4.69, 9.17) is 4.74 Å². The summed E-state index contributed by atoms with van der Waals surface area (Å²) in [7, 11) is 1.86. The van der Waals surface area contributed by atoms with Gasteiger partial charge in [-0.05, 0) is 25.8 Å². The predicted octanol–water partition coefficient (Wildman–Crippen LogP) is 5.70. The van der Waals surface area contributed by atoms with Crippen LogP contribution in [0.15, 0.2) is 0 Å². The molecule has 0 aliphatic heterocycles. The molecule has 0 rings (SSSR count). The Bertz CT molecular complexity index is 232. The highest BCUT2D eigenvalue weighted by Crippen LogP contribution is 2.19. The largest absolute Gasteiger partial charge is 0.389 e. The van der Waals surface area contributed by atoms with Crippen LogP contribution in [0.3, 0.4) is 0 Å². The van der Waals surface area contributed by atoms with Crippen molar-refractivity contribution >= 4 is 0 Å². The standard InChI is InChI=1S/C22H47NO2/c1-4-6-8-10-12-14-16-21(17-15-13-11-9-7-5-2)19-25-20-22(24)18-23-3/h21-24H,4-20H2,1-3H3. The minimum Gasteiger partial charge on any atom is -0.389 e. The summed E-state index contributed by atoms with van der Waals surface area (Å²) < 4.78 is 5.81. The van der Waals surface area contributed by atoms with Crippen molar-refractivity contribution in [3.8, 4) is 0 Å². The zero-order chi connectivity index (χ0) is 18.6. The SMILES string of the molecule is CCCCCCCCC(CCCCCCCC)COCC(O)CNC. The van der Waals surface area contributed by atoms with Crippen molar-refractivity contribution < 1.29 is 9.84 Å². The fourth-order valence-electron chi connectivity index (χ4n) is 3.40. The molecule has 0 aromatic carbocycles. The minimum atomic E-state index is -0.381. The molecule has 2 N–H and O–H groups in total. The summed E-state index contributed by atoms with van der Waals surface area (Å²) in [4.78, 5) is 0. The normalized spacial score (nSPS) is 12.8. The lowest BCUT2D eigenvalue weighted by atomic mass is 9.95. The molecule has 3 heteroatoms. The van der Waals surface area contributed by atoms with E-state index in [0.717, 1.165) is 6.61 Å². The van der Waals surface area contributed by atoms with Crippen LogP contribution in [0.5, 0.6) is 0 Å². The topological polar surface area (TPSA) is 41.5 Å². The Labute approximate surface area is 158 Å². The maximum atomic E-state index is 9.77. The van der Waals surface area contributed by atoms with E-state index < -0.39 is 0 Å². The molecule has 0 aliphatic rings. The number of nitrogens with one attached hydrogen (secondary N) is 1. The Morgan fingerprint density at radius 2 is 1.20 bits per heavy atom. The van der Waals surface area contributed by atoms with Gasteiger partial charge in [-0.1, -0.05) is 90.9 Å². The van der Waals surface area contributed by atoms with Gasteiger partial charge >= 0.3 is 0 Å². The van der Waals surface area contributed by atoms with E-state index in [9.17, 15) is 5.11 Å². The molecule has 0 bridgehead atoms. The van der Waals surface area contributed by atoms with Crippen LogP contribution in [0.25, 0.3) is 0 Å². The minimum absolute atomic E-state index is 0.381. The Kier molecular flexibility index (Phi) is 20.1. The van der Waals surface area contributed by atoms with Gasteiger partial charge in [0.15, 0.2) is 0 Å². The number of likely N-dealkylation sites (N-methyl/N-ethyl adjacent to an activating group) is 1. The zero-order valence-electron chi connectivity index (χ0n) is 17.5. The van der Waals surface area contributed by atoms with E-state index >= 15 is 0 Å². The van der Waals surface area contributed by atoms with Gasteiger partial charge in [0.05, 0.1) is 12.7 Å². The van der Waals surface area contributed by atoms with Gasteiger partial charge in [0.2, 0.25) is 0 Å². The van der Waals surface area contributed by atoms with Crippen LogP contribution in [0.1, 0.15) is 104 Å². The van der Waals surface area contributed by atoms with E-state index in [1.807, 2.05) is 7.05 Å². The fourth-order valence-corrected chi connectivity index (χ4v) is 3.40. The molecule has 0 heterocycles. The van der Waals surface area contributed by atoms with E-state index in [0.29, 0.717) is 19.1 Å². The lowest BCUT2D eigenvalue weighted by Gasteiger charge is -2.18. The molecule has 152 valence electrons. The van der Waals surface area contributed by atoms with Gasteiger partial charge in [0, 0.05) is 13.2 Å². The summed E-state index contributed by atoms with van der Waals surface area (Å²) in [6.07, 6.45) is 18.6. The van der Waals surface area contributed by atoms with Crippen molar-refractivity contribution in [2.24, 2.45) is 5.92 Å². The lowest BCUT2D eigenvalue weighted by molar-refractivity contribution is 0.0189. The summed E-state index contributed by atoms with van der Waals surface area (Å²) >= 11 is 0. The smallest absolute Gasteiger partial charge is 0.0897 e. The second kappa shape index (κ2) is 20.2. The Hall–Kier alpha value is -0.120. The van der Waals surface area contributed by atoms with Crippen LogP contribution in [-0.2, 0) is 4.74 Å². The van der Waals surface area contributed by atoms with Gasteiger partial charge in [-0.2, -0.15) is 0 Å². The molecule has 0 saturated heterocycles. The molecule has 0 aromatic rings. The van der Waals surface area contributed by atoms with Crippen molar-refractivity contribution in [3.05, 3.63) is 0 Å². The molecule has 0 amide bonds. The number of aliphatic hydroxyl groups excluding tert-OH is 1. The summed E-state index contributed by atoms with van der Waals surface area (Å²) in [5.41, 5.74) is 0. The molecule has 3 nitrogen and oxygen atoms in total. The van der Waals surface area contributed by atoms with Crippen LogP contribution in [0.4, 0.5) is 0 Å². The molecule has 0 saturated carbocycles. The van der Waals surface area contributed by atoms with Crippen molar-refractivity contribution in [2.75, 3.05) is 26.8 Å². The zero-order valence-corrected chi connectivity index (χ0v) is 17.5. The van der Waals surface area contributed by atoms with Crippen LogP contribution in [-0.4, -0.2) is 38.0 Å². The number of aliphatic hydroxyl groups is 1. The molecule has 0 spiro atoms. The molecular weight excluding hydrogens is 310 g/mol. The van der Waals surface area contributed by atoms with Crippen LogP contribution in [0, 0.1) is 5.92 Å². The van der Waals surface area contributed by atoms with Gasteiger partial charge in [0.25, 0.3) is 0 Å². The van der Waals surface area contributed by atoms with Crippen LogP contribution < -0.4 is 5.32 Å². The highest BCUT2D eigenvalue weighted by atomic mass is 16.5. The first-order valence-corrected chi connectivity index (χ1v) is 11.1. The van der Waals surface area contributed by atoms with Crippen molar-refractivity contribution in [1.29, 1.82) is 0 Å². The van der Waals surface area contributed by atoms with E-state index in [1.54, 1.807) is 0 Å². The molecule has 1 atom stereocenters. The van der Waals surface area contributed by atoms with Crippen molar-refractivity contribution in [3.63, 3.8) is 0 Å². The number of unbranched alkanes of at least 4 members (excludes halogenated alkanes) is 10. The summed E-state index contributed by atoms with van der Waals surface area (Å²) in [6, 6.07) is 0. The molecule has 25 heavy (non-hydrogen) atoms. The van der Waals surface area contributed by atoms with Crippen molar-refractivity contribution in [2.45, 2.75) is 110 Å². The first-order valence-electron chi connectivity index (χ1n) is 11.1. The number of hydrogen-bond donors (Lipinski definition) is 2. The summed E-state index contributed by atoms with van der Waals surface area (Å²) in [5, 5.41) is 12.8. The highest BCUT2D eigenvalue weighted by Gasteiger charge is 2.11. The average Bonchev–Trinajstić information content (AvgIpc) is 2.60. The molecule has 1 unspecified atom stereocenters. The molecule has 0 aromatic heterocycles. The van der Waals surface area contributed by atoms with Crippen LogP contribution >= 0.6 is 0 Å². The van der Waals surface area contributed by atoms with Gasteiger partial charge in [-0.15, -0.1) is 0 Å². The van der Waals surface area contributed by atoms with Gasteiger partial charge in [-0.3, -0.25) is 0 Å². The first kappa shape index (κ1) is 24.9. The number of ether oxygens (including phenoxy) is 1. The highest BCUT2D eigenvalue weighted by molar-refractivity contribution is 4.62. The predicted molar refractivity (Wildman–Crippen MR) is 110 cm³/mol. The molecule has 0 aliphatic carbocycles. The third-order valence-electron chi connectivity index (χ3n) is 5.04. The fraction of sp³-hybridized carbons (Fsp3) is 1.00. The van der Waals surface area contributed by atoms with Gasteiger partial charge in [0.1, 0.15) is 0 Å². The Balaban J connectivity index is 3.87. The first-order chi connectivity index (χ1) is 12.2. The van der Waals surface area contributed by atoms with Crippen LogP contribution in [0.2, 0.25) is 0 Å². The average molecular weight is 358 g/mol. The third kappa shape index (κ3) is 18.5. The van der Waals surface area contributed by atoms with E-state index in [-0.39, 0.29) is 6.10 Å². The maximum absolute atomic E-state index is 9.77. The number of rotatable bonds is 20. The summed E-state index contributed by atoms with van der Waals surface area (Å²) in [6.45, 7) is 6.45. The third-order valence-corrected chi connectivity index (χ3v) is 5.04. The second-order valence-corrected chi connectivity index (χ2v) is 7.73. The molecular formula is C22H47NO2. The Morgan fingerprint density at radius 1 is 0.720 bits per heavy atom. The second-order valence-electron chi connectivity index (χ2n) is 7.73. The lowest BCUT2D eigenvalue weighted by Crippen LogP contribution is -2.28. The van der Waals surface area contributed by atoms with Crippen molar-refractivity contribution in [1.82, 2.24) is 5.32 Å². The Morgan fingerprint density at radius 3 is 1.68 bits per heavy atom. The van der Waals surface area contributed by atoms with Gasteiger partial charge in [-0.25, -0.2) is 0 Å².